The molecule has 4 heteroatoms. The molecule has 0 radical (unpaired) electrons. The van der Waals surface area contributed by atoms with Gasteiger partial charge in [0.2, 0.25) is 0 Å². The van der Waals surface area contributed by atoms with Gasteiger partial charge in [-0.1, -0.05) is 48.5 Å². The van der Waals surface area contributed by atoms with Crippen molar-refractivity contribution < 1.29 is 14.3 Å². The van der Waals surface area contributed by atoms with Crippen molar-refractivity contribution >= 4 is 22.5 Å². The SMILES string of the molecule is CC(=O)OCc1ccc2ccc3c(-c4ccc(OCc5ccccc5)cc4)cc1n23. The van der Waals surface area contributed by atoms with Gasteiger partial charge >= 0.3 is 5.97 Å². The molecule has 0 saturated heterocycles. The van der Waals surface area contributed by atoms with Crippen LogP contribution in [0.15, 0.2) is 84.9 Å². The Kier molecular flexibility index (Phi) is 4.60. The summed E-state index contributed by atoms with van der Waals surface area (Å²) in [6.45, 7) is 2.25. The first kappa shape index (κ1) is 18.3. The van der Waals surface area contributed by atoms with Crippen LogP contribution in [0.5, 0.6) is 5.75 Å². The monoisotopic (exact) mass is 395 g/mol. The summed E-state index contributed by atoms with van der Waals surface area (Å²) in [5.74, 6) is 0.567. The van der Waals surface area contributed by atoms with Crippen molar-refractivity contribution in [2.75, 3.05) is 0 Å². The van der Waals surface area contributed by atoms with E-state index in [9.17, 15) is 4.79 Å². The van der Waals surface area contributed by atoms with E-state index in [1.165, 1.54) is 6.92 Å². The predicted molar refractivity (Wildman–Crippen MR) is 118 cm³/mol. The predicted octanol–water partition coefficient (Wildman–Crippen LogP) is 5.84. The lowest BCUT2D eigenvalue weighted by Gasteiger charge is -2.07. The molecule has 0 amide bonds. The topological polar surface area (TPSA) is 39.9 Å². The Labute approximate surface area is 174 Å². The molecule has 0 aliphatic carbocycles. The molecular weight excluding hydrogens is 374 g/mol. The molecule has 0 N–H and O–H groups in total. The Morgan fingerprint density at radius 3 is 2.37 bits per heavy atom. The van der Waals surface area contributed by atoms with Crippen LogP contribution in [0, 0.1) is 0 Å². The van der Waals surface area contributed by atoms with E-state index in [0.717, 1.165) is 44.6 Å². The standard InChI is InChI=1S/C26H21NO3/c1-18(28)29-17-21-7-10-22-11-14-25-24(15-26(21)27(22)25)20-8-12-23(13-9-20)30-16-19-5-3-2-4-6-19/h2-15H,16-17H2,1H3. The van der Waals surface area contributed by atoms with E-state index < -0.39 is 0 Å². The summed E-state index contributed by atoms with van der Waals surface area (Å²) >= 11 is 0. The van der Waals surface area contributed by atoms with Crippen molar-refractivity contribution in [3.8, 4) is 16.9 Å². The van der Waals surface area contributed by atoms with Crippen LogP contribution < -0.4 is 4.74 Å². The maximum absolute atomic E-state index is 11.2. The summed E-state index contributed by atoms with van der Waals surface area (Å²) in [6, 6.07) is 28.8. The zero-order valence-electron chi connectivity index (χ0n) is 16.7. The molecule has 148 valence electrons. The minimum Gasteiger partial charge on any atom is -0.489 e. The molecule has 5 aromatic rings. The summed E-state index contributed by atoms with van der Waals surface area (Å²) in [6.07, 6.45) is 0. The van der Waals surface area contributed by atoms with Crippen LogP contribution in [-0.4, -0.2) is 10.4 Å². The Balaban J connectivity index is 1.44. The highest BCUT2D eigenvalue weighted by atomic mass is 16.5. The number of pyridine rings is 1. The smallest absolute Gasteiger partial charge is 0.302 e. The van der Waals surface area contributed by atoms with E-state index >= 15 is 0 Å². The maximum Gasteiger partial charge on any atom is 0.302 e. The molecule has 2 aromatic carbocycles. The van der Waals surface area contributed by atoms with Gasteiger partial charge in [0.1, 0.15) is 19.0 Å². The number of benzene rings is 2. The lowest BCUT2D eigenvalue weighted by molar-refractivity contribution is -0.142. The molecular formula is C26H21NO3. The van der Waals surface area contributed by atoms with Crippen molar-refractivity contribution in [3.05, 3.63) is 96.1 Å². The number of hydrogen-bond acceptors (Lipinski definition) is 3. The first-order valence-corrected chi connectivity index (χ1v) is 9.95. The minimum absolute atomic E-state index is 0.272. The summed E-state index contributed by atoms with van der Waals surface area (Å²) in [4.78, 5) is 11.2. The maximum atomic E-state index is 11.2. The fraction of sp³-hybridized carbons (Fsp3) is 0.115. The highest BCUT2D eigenvalue weighted by Gasteiger charge is 2.15. The second kappa shape index (κ2) is 7.56. The second-order valence-electron chi connectivity index (χ2n) is 7.36. The third-order valence-corrected chi connectivity index (χ3v) is 5.34. The fourth-order valence-electron chi connectivity index (χ4n) is 3.85. The van der Waals surface area contributed by atoms with Gasteiger partial charge in [0.15, 0.2) is 0 Å². The molecule has 0 aliphatic heterocycles. The van der Waals surface area contributed by atoms with Crippen molar-refractivity contribution in [3.63, 3.8) is 0 Å². The number of carbonyl (C=O) groups excluding carboxylic acids is 1. The molecule has 0 spiro atoms. The molecule has 0 atom stereocenters. The lowest BCUT2D eigenvalue weighted by Crippen LogP contribution is -2.00. The molecule has 0 saturated carbocycles. The van der Waals surface area contributed by atoms with Crippen LogP contribution in [-0.2, 0) is 22.7 Å². The number of hydrogen-bond donors (Lipinski definition) is 0. The van der Waals surface area contributed by atoms with Crippen LogP contribution in [0.25, 0.3) is 27.7 Å². The second-order valence-corrected chi connectivity index (χ2v) is 7.36. The van der Waals surface area contributed by atoms with Gasteiger partial charge in [-0.3, -0.25) is 4.79 Å². The average Bonchev–Trinajstić information content (AvgIpc) is 3.37. The van der Waals surface area contributed by atoms with E-state index in [1.54, 1.807) is 0 Å². The summed E-state index contributed by atoms with van der Waals surface area (Å²) < 4.78 is 13.4. The van der Waals surface area contributed by atoms with Crippen LogP contribution in [0.2, 0.25) is 0 Å². The summed E-state index contributed by atoms with van der Waals surface area (Å²) in [7, 11) is 0. The van der Waals surface area contributed by atoms with Gasteiger partial charge in [-0.2, -0.15) is 0 Å². The van der Waals surface area contributed by atoms with Crippen LogP contribution in [0.4, 0.5) is 0 Å². The van der Waals surface area contributed by atoms with Crippen molar-refractivity contribution in [2.24, 2.45) is 0 Å². The lowest BCUT2D eigenvalue weighted by atomic mass is 10.1. The third kappa shape index (κ3) is 3.37. The molecule has 0 aliphatic rings. The highest BCUT2D eigenvalue weighted by Crippen LogP contribution is 2.34. The Morgan fingerprint density at radius 2 is 1.60 bits per heavy atom. The number of rotatable bonds is 6. The van der Waals surface area contributed by atoms with E-state index in [0.29, 0.717) is 6.61 Å². The average molecular weight is 395 g/mol. The molecule has 5 rings (SSSR count). The number of nitrogens with zero attached hydrogens (tertiary/aromatic N) is 1. The van der Waals surface area contributed by atoms with Gasteiger partial charge in [-0.25, -0.2) is 0 Å². The number of aromatic nitrogens is 1. The van der Waals surface area contributed by atoms with E-state index in [2.05, 4.69) is 52.9 Å². The van der Waals surface area contributed by atoms with Crippen molar-refractivity contribution in [1.82, 2.24) is 4.40 Å². The van der Waals surface area contributed by atoms with Gasteiger partial charge in [0, 0.05) is 23.6 Å². The molecule has 3 heterocycles. The Bertz CT molecular complexity index is 1300. The molecule has 4 nitrogen and oxygen atoms in total. The molecule has 3 aromatic heterocycles. The molecule has 0 fully saturated rings. The first-order chi connectivity index (χ1) is 14.7. The Morgan fingerprint density at radius 1 is 0.833 bits per heavy atom. The van der Waals surface area contributed by atoms with Crippen molar-refractivity contribution in [2.45, 2.75) is 20.1 Å². The number of carbonyl (C=O) groups is 1. The number of ether oxygens (including phenoxy) is 2. The van der Waals surface area contributed by atoms with Crippen LogP contribution >= 0.6 is 0 Å². The van der Waals surface area contributed by atoms with Gasteiger partial charge in [-0.05, 0) is 47.5 Å². The third-order valence-electron chi connectivity index (χ3n) is 5.34. The zero-order valence-corrected chi connectivity index (χ0v) is 16.7. The normalized spacial score (nSPS) is 11.2. The van der Waals surface area contributed by atoms with E-state index in [-0.39, 0.29) is 12.6 Å². The molecule has 0 bridgehead atoms. The minimum atomic E-state index is -0.275. The highest BCUT2D eigenvalue weighted by molar-refractivity contribution is 5.92. The van der Waals surface area contributed by atoms with Crippen LogP contribution in [0.1, 0.15) is 18.1 Å². The summed E-state index contributed by atoms with van der Waals surface area (Å²) in [5.41, 5.74) is 7.74. The van der Waals surface area contributed by atoms with Crippen LogP contribution in [0.3, 0.4) is 0 Å². The summed E-state index contributed by atoms with van der Waals surface area (Å²) in [5, 5.41) is 0. The van der Waals surface area contributed by atoms with Gasteiger partial charge < -0.3 is 13.9 Å². The quantitative estimate of drug-likeness (QED) is 0.339. The Hall–Kier alpha value is -3.79. The van der Waals surface area contributed by atoms with Gasteiger partial charge in [0.05, 0.1) is 11.0 Å². The van der Waals surface area contributed by atoms with E-state index in [4.69, 9.17) is 9.47 Å². The van der Waals surface area contributed by atoms with Crippen molar-refractivity contribution in [1.29, 1.82) is 0 Å². The van der Waals surface area contributed by atoms with E-state index in [1.807, 2.05) is 36.4 Å². The van der Waals surface area contributed by atoms with Gasteiger partial charge in [-0.15, -0.1) is 0 Å². The fourth-order valence-corrected chi connectivity index (χ4v) is 3.85. The molecule has 0 unspecified atom stereocenters. The first-order valence-electron chi connectivity index (χ1n) is 9.95. The van der Waals surface area contributed by atoms with Gasteiger partial charge in [0.25, 0.3) is 0 Å². The number of esters is 1. The molecule has 30 heavy (non-hydrogen) atoms. The zero-order chi connectivity index (χ0) is 20.5. The largest absolute Gasteiger partial charge is 0.489 e.